The molecular weight excluding hydrogens is 566 g/mol. The van der Waals surface area contributed by atoms with Crippen molar-refractivity contribution >= 4 is 17.5 Å². The maximum absolute atomic E-state index is 13.6. The zero-order valence-corrected chi connectivity index (χ0v) is 25.3. The van der Waals surface area contributed by atoms with Gasteiger partial charge in [-0.15, -0.1) is 0 Å². The molecule has 3 aromatic rings. The number of amides is 2. The van der Waals surface area contributed by atoms with Gasteiger partial charge in [-0.2, -0.15) is 0 Å². The number of fused-ring (bicyclic) bond motifs is 3. The summed E-state index contributed by atoms with van der Waals surface area (Å²) in [5.41, 5.74) is 2.43. The summed E-state index contributed by atoms with van der Waals surface area (Å²) in [6.45, 7) is 6.70. The first-order valence-corrected chi connectivity index (χ1v) is 14.7. The van der Waals surface area contributed by atoms with Crippen molar-refractivity contribution in [1.29, 1.82) is 0 Å². The predicted molar refractivity (Wildman–Crippen MR) is 162 cm³/mol. The highest BCUT2D eigenvalue weighted by Crippen LogP contribution is 2.34. The summed E-state index contributed by atoms with van der Waals surface area (Å²) < 4.78 is 34.1. The molecule has 11 nitrogen and oxygen atoms in total. The molecule has 6 rings (SSSR count). The molecule has 0 radical (unpaired) electrons. The highest BCUT2D eigenvalue weighted by molar-refractivity contribution is 6.05. The molecule has 0 bridgehead atoms. The first-order valence-electron chi connectivity index (χ1n) is 14.7. The Morgan fingerprint density at radius 2 is 1.57 bits per heavy atom. The van der Waals surface area contributed by atoms with Gasteiger partial charge in [0.1, 0.15) is 12.4 Å². The number of nitrogens with zero attached hydrogens (tertiary/aromatic N) is 2. The largest absolute Gasteiger partial charge is 0.491 e. The Morgan fingerprint density at radius 1 is 0.864 bits per heavy atom. The van der Waals surface area contributed by atoms with Crippen LogP contribution < -0.4 is 29.0 Å². The Hall–Kier alpha value is -4.48. The summed E-state index contributed by atoms with van der Waals surface area (Å²) in [5, 5.41) is 2.91. The first-order chi connectivity index (χ1) is 21.3. The Bertz CT molecular complexity index is 1550. The van der Waals surface area contributed by atoms with Crippen molar-refractivity contribution in [1.82, 2.24) is 9.80 Å². The van der Waals surface area contributed by atoms with Crippen molar-refractivity contribution in [2.45, 2.75) is 32.5 Å². The first kappa shape index (κ1) is 29.6. The number of ether oxygens (including phenoxy) is 6. The fraction of sp³-hybridized carbons (Fsp3) is 0.394. The summed E-state index contributed by atoms with van der Waals surface area (Å²) in [6.07, 6.45) is -0.181. The molecule has 2 amide bonds. The molecule has 0 saturated heterocycles. The average Bonchev–Trinajstić information content (AvgIpc) is 3.70. The maximum Gasteiger partial charge on any atom is 0.257 e. The number of hydrogen-bond donors (Lipinski definition) is 1. The Balaban J connectivity index is 1.25. The molecule has 11 heteroatoms. The number of carbonyl (C=O) groups excluding carboxylic acids is 2. The minimum Gasteiger partial charge on any atom is -0.491 e. The molecule has 232 valence electrons. The van der Waals surface area contributed by atoms with Gasteiger partial charge in [0.15, 0.2) is 23.0 Å². The third-order valence-corrected chi connectivity index (χ3v) is 8.29. The van der Waals surface area contributed by atoms with Gasteiger partial charge in [-0.3, -0.25) is 14.5 Å². The van der Waals surface area contributed by atoms with Gasteiger partial charge < -0.3 is 38.6 Å². The van der Waals surface area contributed by atoms with E-state index < -0.39 is 0 Å². The Kier molecular flexibility index (Phi) is 8.49. The molecule has 0 unspecified atom stereocenters. The van der Waals surface area contributed by atoms with E-state index >= 15 is 0 Å². The van der Waals surface area contributed by atoms with Crippen LogP contribution in [0.25, 0.3) is 0 Å². The third-order valence-electron chi connectivity index (χ3n) is 8.29. The van der Waals surface area contributed by atoms with Crippen LogP contribution >= 0.6 is 0 Å². The molecule has 44 heavy (non-hydrogen) atoms. The molecule has 3 heterocycles. The molecule has 3 aliphatic rings. The van der Waals surface area contributed by atoms with Crippen LogP contribution in [0.1, 0.15) is 40.1 Å². The zero-order chi connectivity index (χ0) is 30.8. The second-order valence-corrected chi connectivity index (χ2v) is 11.4. The van der Waals surface area contributed by atoms with E-state index in [0.29, 0.717) is 53.8 Å². The lowest BCUT2D eigenvalue weighted by Crippen LogP contribution is -2.46. The summed E-state index contributed by atoms with van der Waals surface area (Å²) in [6, 6.07) is 16.1. The lowest BCUT2D eigenvalue weighted by Gasteiger charge is -2.36. The second-order valence-electron chi connectivity index (χ2n) is 11.4. The van der Waals surface area contributed by atoms with E-state index in [1.807, 2.05) is 18.2 Å². The van der Waals surface area contributed by atoms with E-state index in [9.17, 15) is 9.59 Å². The summed E-state index contributed by atoms with van der Waals surface area (Å²) >= 11 is 0. The highest BCUT2D eigenvalue weighted by atomic mass is 16.7. The van der Waals surface area contributed by atoms with E-state index in [1.165, 1.54) is 0 Å². The molecule has 0 aromatic heterocycles. The van der Waals surface area contributed by atoms with E-state index in [4.69, 9.17) is 28.4 Å². The predicted octanol–water partition coefficient (Wildman–Crippen LogP) is 4.40. The normalized spacial score (nSPS) is 21.6. The molecule has 0 aliphatic carbocycles. The van der Waals surface area contributed by atoms with E-state index in [1.54, 1.807) is 55.5 Å². The quantitative estimate of drug-likeness (QED) is 0.454. The van der Waals surface area contributed by atoms with Gasteiger partial charge in [0.25, 0.3) is 11.8 Å². The second kappa shape index (κ2) is 12.6. The fourth-order valence-electron chi connectivity index (χ4n) is 5.66. The molecule has 0 fully saturated rings. The van der Waals surface area contributed by atoms with Crippen LogP contribution in [0, 0.1) is 5.92 Å². The zero-order valence-electron chi connectivity index (χ0n) is 25.3. The van der Waals surface area contributed by atoms with Crippen LogP contribution in [0.4, 0.5) is 5.69 Å². The molecule has 3 aromatic carbocycles. The minimum absolute atomic E-state index is 0.0210. The molecule has 3 aliphatic heterocycles. The van der Waals surface area contributed by atoms with Gasteiger partial charge in [0.2, 0.25) is 13.6 Å². The number of benzene rings is 3. The number of likely N-dealkylation sites (N-methyl/N-ethyl adjacent to an activating group) is 1. The topological polar surface area (TPSA) is 108 Å². The van der Waals surface area contributed by atoms with Gasteiger partial charge in [0.05, 0.1) is 11.7 Å². The average molecular weight is 604 g/mol. The number of carbonyl (C=O) groups is 2. The molecule has 0 spiro atoms. The summed E-state index contributed by atoms with van der Waals surface area (Å²) in [4.78, 5) is 30.7. The van der Waals surface area contributed by atoms with Gasteiger partial charge in [0, 0.05) is 57.2 Å². The SMILES string of the molecule is CO[C@@H]1CN(C)C(=O)c2ccc(NC(=O)c3ccc4c(c3)OCO4)cc2OC[C@@H](C)N(Cc2ccc3c(c2)OCO3)C[C@H]1C. The van der Waals surface area contributed by atoms with Crippen molar-refractivity contribution in [3.63, 3.8) is 0 Å². The van der Waals surface area contributed by atoms with Crippen molar-refractivity contribution in [2.24, 2.45) is 5.92 Å². The smallest absolute Gasteiger partial charge is 0.257 e. The van der Waals surface area contributed by atoms with Gasteiger partial charge in [-0.1, -0.05) is 13.0 Å². The molecular formula is C33H37N3O8. The van der Waals surface area contributed by atoms with Crippen LogP contribution in [0.3, 0.4) is 0 Å². The van der Waals surface area contributed by atoms with E-state index in [0.717, 1.165) is 23.6 Å². The summed E-state index contributed by atoms with van der Waals surface area (Å²) in [5.74, 6) is 2.63. The van der Waals surface area contributed by atoms with Crippen molar-refractivity contribution in [3.05, 3.63) is 71.3 Å². The molecule has 0 saturated carbocycles. The molecule has 1 N–H and O–H groups in total. The van der Waals surface area contributed by atoms with Gasteiger partial charge in [-0.05, 0) is 60.9 Å². The number of anilines is 1. The van der Waals surface area contributed by atoms with E-state index in [2.05, 4.69) is 24.1 Å². The van der Waals surface area contributed by atoms with Crippen LogP contribution in [0.15, 0.2) is 54.6 Å². The number of methoxy groups -OCH3 is 1. The van der Waals surface area contributed by atoms with Gasteiger partial charge in [-0.25, -0.2) is 0 Å². The van der Waals surface area contributed by atoms with Crippen LogP contribution in [0.5, 0.6) is 28.7 Å². The lowest BCUT2D eigenvalue weighted by atomic mass is 10.0. The lowest BCUT2D eigenvalue weighted by molar-refractivity contribution is 0.00921. The van der Waals surface area contributed by atoms with E-state index in [-0.39, 0.29) is 43.5 Å². The minimum atomic E-state index is -0.319. The van der Waals surface area contributed by atoms with Crippen LogP contribution in [-0.2, 0) is 11.3 Å². The number of nitrogens with one attached hydrogen (secondary N) is 1. The highest BCUT2D eigenvalue weighted by Gasteiger charge is 2.29. The van der Waals surface area contributed by atoms with Crippen LogP contribution in [-0.4, -0.2) is 81.2 Å². The van der Waals surface area contributed by atoms with Crippen LogP contribution in [0.2, 0.25) is 0 Å². The Labute approximate surface area is 256 Å². The standard InChI is InChI=1S/C33H37N3O8/c1-20-14-36(15-22-5-9-26-29(11-22)43-18-41-26)21(2)17-40-28-13-24(7-8-25(28)33(38)35(3)16-31(20)39-4)34-32(37)23-6-10-27-30(12-23)44-19-42-27/h5-13,20-21,31H,14-19H2,1-4H3,(H,34,37)/t20-,21-,31-/m1/s1. The summed E-state index contributed by atoms with van der Waals surface area (Å²) in [7, 11) is 3.45. The maximum atomic E-state index is 13.6. The Morgan fingerprint density at radius 3 is 2.32 bits per heavy atom. The number of rotatable bonds is 5. The van der Waals surface area contributed by atoms with Crippen molar-refractivity contribution in [2.75, 3.05) is 52.8 Å². The van der Waals surface area contributed by atoms with Gasteiger partial charge >= 0.3 is 0 Å². The fourth-order valence-corrected chi connectivity index (χ4v) is 5.66. The third kappa shape index (κ3) is 6.24. The van der Waals surface area contributed by atoms with Crippen molar-refractivity contribution < 1.29 is 38.0 Å². The van der Waals surface area contributed by atoms with Crippen molar-refractivity contribution in [3.8, 4) is 28.7 Å². The monoisotopic (exact) mass is 603 g/mol. The number of hydrogen-bond acceptors (Lipinski definition) is 9. The molecule has 3 atom stereocenters.